The van der Waals surface area contributed by atoms with E-state index in [4.69, 9.17) is 16.6 Å². The number of hydrogen-bond acceptors (Lipinski definition) is 5. The summed E-state index contributed by atoms with van der Waals surface area (Å²) in [5, 5.41) is 1.35. The molecular formula is C21H23Cl2N5OS. The van der Waals surface area contributed by atoms with Gasteiger partial charge in [0.2, 0.25) is 0 Å². The fourth-order valence-electron chi connectivity index (χ4n) is 3.29. The van der Waals surface area contributed by atoms with Gasteiger partial charge in [0.05, 0.1) is 15.9 Å². The number of pyridine rings is 1. The Balaban J connectivity index is 0.00000256. The minimum atomic E-state index is -0.106. The molecule has 4 aromatic rings. The normalized spacial score (nSPS) is 11.3. The highest BCUT2D eigenvalue weighted by Crippen LogP contribution is 2.34. The third kappa shape index (κ3) is 4.03. The third-order valence-corrected chi connectivity index (χ3v) is 6.34. The highest BCUT2D eigenvalue weighted by Gasteiger charge is 2.26. The van der Waals surface area contributed by atoms with Crippen molar-refractivity contribution in [2.75, 3.05) is 32.1 Å². The summed E-state index contributed by atoms with van der Waals surface area (Å²) >= 11 is 7.78. The van der Waals surface area contributed by atoms with Gasteiger partial charge in [0.25, 0.3) is 5.91 Å². The standard InChI is InChI=1S/C21H22ClN5OS.ClH/c1-13-15(22)8-9-16-18(13)24-21(29-16)27(12-11-25(3)4)20(28)19-14(2)23-17-7-5-6-10-26(17)19;/h5-10H,11-12H2,1-4H3;1H. The second kappa shape index (κ2) is 8.89. The lowest BCUT2D eigenvalue weighted by Gasteiger charge is -2.22. The Labute approximate surface area is 190 Å². The number of carbonyl (C=O) groups excluding carboxylic acids is 1. The molecule has 0 saturated carbocycles. The third-order valence-electron chi connectivity index (χ3n) is 4.89. The van der Waals surface area contributed by atoms with Crippen LogP contribution in [0.15, 0.2) is 36.5 Å². The molecule has 1 aromatic carbocycles. The molecule has 0 aliphatic carbocycles. The number of benzene rings is 1. The number of nitrogens with zero attached hydrogens (tertiary/aromatic N) is 5. The van der Waals surface area contributed by atoms with E-state index in [9.17, 15) is 4.79 Å². The molecule has 158 valence electrons. The number of anilines is 1. The Morgan fingerprint density at radius 1 is 1.13 bits per heavy atom. The van der Waals surface area contributed by atoms with Crippen molar-refractivity contribution in [3.8, 4) is 0 Å². The molecule has 0 fully saturated rings. The minimum absolute atomic E-state index is 0. The molecule has 3 heterocycles. The van der Waals surface area contributed by atoms with Crippen molar-refractivity contribution in [1.29, 1.82) is 0 Å². The quantitative estimate of drug-likeness (QED) is 0.424. The summed E-state index contributed by atoms with van der Waals surface area (Å²) in [7, 11) is 3.98. The number of amides is 1. The van der Waals surface area contributed by atoms with Gasteiger partial charge < -0.3 is 4.90 Å². The van der Waals surface area contributed by atoms with Crippen LogP contribution in [-0.2, 0) is 0 Å². The molecule has 0 unspecified atom stereocenters. The molecule has 1 amide bonds. The van der Waals surface area contributed by atoms with Crippen molar-refractivity contribution >= 4 is 62.2 Å². The zero-order valence-corrected chi connectivity index (χ0v) is 19.6. The second-order valence-corrected chi connectivity index (χ2v) is 8.67. The fraction of sp³-hybridized carbons (Fsp3) is 0.286. The van der Waals surface area contributed by atoms with E-state index in [1.54, 1.807) is 4.90 Å². The number of rotatable bonds is 5. The van der Waals surface area contributed by atoms with Gasteiger partial charge in [-0.15, -0.1) is 12.4 Å². The molecule has 4 rings (SSSR count). The summed E-state index contributed by atoms with van der Waals surface area (Å²) < 4.78 is 2.86. The summed E-state index contributed by atoms with van der Waals surface area (Å²) in [5.74, 6) is -0.106. The summed E-state index contributed by atoms with van der Waals surface area (Å²) in [4.78, 5) is 26.8. The first-order valence-corrected chi connectivity index (χ1v) is 10.5. The van der Waals surface area contributed by atoms with E-state index in [1.165, 1.54) is 11.3 Å². The average molecular weight is 464 g/mol. The molecule has 0 aliphatic heterocycles. The highest BCUT2D eigenvalue weighted by molar-refractivity contribution is 7.22. The van der Waals surface area contributed by atoms with Crippen molar-refractivity contribution in [1.82, 2.24) is 19.3 Å². The Morgan fingerprint density at radius 2 is 1.90 bits per heavy atom. The monoisotopic (exact) mass is 463 g/mol. The number of hydrogen-bond donors (Lipinski definition) is 0. The van der Waals surface area contributed by atoms with Crippen LogP contribution in [0, 0.1) is 13.8 Å². The van der Waals surface area contributed by atoms with Crippen molar-refractivity contribution in [2.24, 2.45) is 0 Å². The van der Waals surface area contributed by atoms with E-state index < -0.39 is 0 Å². The SMILES string of the molecule is Cc1nc2ccccn2c1C(=O)N(CCN(C)C)c1nc2c(C)c(Cl)ccc2s1.Cl. The van der Waals surface area contributed by atoms with Gasteiger partial charge in [0, 0.05) is 24.3 Å². The van der Waals surface area contributed by atoms with Crippen LogP contribution in [0.5, 0.6) is 0 Å². The largest absolute Gasteiger partial charge is 0.308 e. The first-order chi connectivity index (χ1) is 13.9. The Hall–Kier alpha value is -2.19. The lowest BCUT2D eigenvalue weighted by Crippen LogP contribution is -2.37. The van der Waals surface area contributed by atoms with Crippen LogP contribution in [0.3, 0.4) is 0 Å². The lowest BCUT2D eigenvalue weighted by atomic mass is 10.2. The van der Waals surface area contributed by atoms with Gasteiger partial charge in [-0.1, -0.05) is 29.0 Å². The number of aryl methyl sites for hydroxylation is 2. The second-order valence-electron chi connectivity index (χ2n) is 7.25. The lowest BCUT2D eigenvalue weighted by molar-refractivity contribution is 0.0979. The fourth-order valence-corrected chi connectivity index (χ4v) is 4.49. The summed E-state index contributed by atoms with van der Waals surface area (Å²) in [5.41, 5.74) is 3.80. The zero-order valence-electron chi connectivity index (χ0n) is 17.2. The minimum Gasteiger partial charge on any atom is -0.308 e. The van der Waals surface area contributed by atoms with Gasteiger partial charge in [-0.3, -0.25) is 14.1 Å². The van der Waals surface area contributed by atoms with Crippen molar-refractivity contribution in [3.63, 3.8) is 0 Å². The topological polar surface area (TPSA) is 53.7 Å². The maximum Gasteiger partial charge on any atom is 0.279 e. The van der Waals surface area contributed by atoms with Gasteiger partial charge in [-0.2, -0.15) is 0 Å². The molecule has 3 aromatic heterocycles. The van der Waals surface area contributed by atoms with Crippen molar-refractivity contribution < 1.29 is 4.79 Å². The van der Waals surface area contributed by atoms with Gasteiger partial charge in [0.15, 0.2) is 5.13 Å². The highest BCUT2D eigenvalue weighted by atomic mass is 35.5. The molecule has 9 heteroatoms. The zero-order chi connectivity index (χ0) is 20.7. The van der Waals surface area contributed by atoms with Gasteiger partial charge in [0.1, 0.15) is 11.3 Å². The number of likely N-dealkylation sites (N-methyl/N-ethyl adjacent to an activating group) is 1. The van der Waals surface area contributed by atoms with E-state index >= 15 is 0 Å². The molecule has 30 heavy (non-hydrogen) atoms. The smallest absolute Gasteiger partial charge is 0.279 e. The van der Waals surface area contributed by atoms with Crippen LogP contribution < -0.4 is 4.90 Å². The number of fused-ring (bicyclic) bond motifs is 2. The summed E-state index contributed by atoms with van der Waals surface area (Å²) in [6.07, 6.45) is 1.87. The maximum atomic E-state index is 13.7. The van der Waals surface area contributed by atoms with Crippen molar-refractivity contribution in [3.05, 3.63) is 58.5 Å². The molecule has 0 spiro atoms. The van der Waals surface area contributed by atoms with Crippen LogP contribution in [0.2, 0.25) is 5.02 Å². The number of aromatic nitrogens is 3. The molecule has 0 atom stereocenters. The molecule has 0 N–H and O–H groups in total. The molecule has 0 saturated heterocycles. The number of halogens is 2. The Kier molecular flexibility index (Phi) is 6.67. The van der Waals surface area contributed by atoms with Gasteiger partial charge in [-0.05, 0) is 57.8 Å². The summed E-state index contributed by atoms with van der Waals surface area (Å²) in [6.45, 7) is 5.07. The van der Waals surface area contributed by atoms with Gasteiger partial charge >= 0.3 is 0 Å². The van der Waals surface area contributed by atoms with Gasteiger partial charge in [-0.25, -0.2) is 9.97 Å². The molecular weight excluding hydrogens is 441 g/mol. The Bertz CT molecular complexity index is 1220. The first kappa shape index (κ1) is 22.5. The number of imidazole rings is 1. The first-order valence-electron chi connectivity index (χ1n) is 9.32. The van der Waals surface area contributed by atoms with Crippen LogP contribution in [0.1, 0.15) is 21.7 Å². The predicted octanol–water partition coefficient (Wildman–Crippen LogP) is 4.84. The molecule has 0 aliphatic rings. The summed E-state index contributed by atoms with van der Waals surface area (Å²) in [6, 6.07) is 9.55. The average Bonchev–Trinajstić information content (AvgIpc) is 3.25. The van der Waals surface area contributed by atoms with Crippen LogP contribution >= 0.6 is 35.3 Å². The predicted molar refractivity (Wildman–Crippen MR) is 127 cm³/mol. The van der Waals surface area contributed by atoms with E-state index in [-0.39, 0.29) is 18.3 Å². The van der Waals surface area contributed by atoms with Crippen LogP contribution in [-0.4, -0.2) is 52.4 Å². The van der Waals surface area contributed by atoms with E-state index in [1.807, 2.05) is 68.9 Å². The molecule has 0 radical (unpaired) electrons. The van der Waals surface area contributed by atoms with E-state index in [0.717, 1.165) is 28.0 Å². The number of thiazole rings is 1. The molecule has 6 nitrogen and oxygen atoms in total. The van der Waals surface area contributed by atoms with E-state index in [2.05, 4.69) is 9.88 Å². The van der Waals surface area contributed by atoms with E-state index in [0.29, 0.717) is 28.1 Å². The maximum absolute atomic E-state index is 13.7. The Morgan fingerprint density at radius 3 is 2.63 bits per heavy atom. The number of carbonyl (C=O) groups is 1. The van der Waals surface area contributed by atoms with Crippen LogP contribution in [0.4, 0.5) is 5.13 Å². The van der Waals surface area contributed by atoms with Crippen molar-refractivity contribution in [2.45, 2.75) is 13.8 Å². The molecule has 0 bridgehead atoms. The van der Waals surface area contributed by atoms with Crippen LogP contribution in [0.25, 0.3) is 15.9 Å².